The number of hydrogen-bond acceptors (Lipinski definition) is 5. The van der Waals surface area contributed by atoms with Crippen molar-refractivity contribution < 1.29 is 5.11 Å². The van der Waals surface area contributed by atoms with Crippen molar-refractivity contribution in [2.75, 3.05) is 18.5 Å². The molecule has 3 rings (SSSR count). The first-order chi connectivity index (χ1) is 11.3. The van der Waals surface area contributed by atoms with Crippen LogP contribution in [0, 0.1) is 6.92 Å². The molecule has 23 heavy (non-hydrogen) atoms. The molecule has 2 heterocycles. The molecule has 0 unspecified atom stereocenters. The van der Waals surface area contributed by atoms with Crippen molar-refractivity contribution in [2.24, 2.45) is 0 Å². The van der Waals surface area contributed by atoms with Gasteiger partial charge >= 0.3 is 0 Å². The van der Waals surface area contributed by atoms with Crippen molar-refractivity contribution in [1.82, 2.24) is 14.9 Å². The highest BCUT2D eigenvalue weighted by molar-refractivity contribution is 5.33. The molecule has 1 aliphatic rings. The van der Waals surface area contributed by atoms with Crippen molar-refractivity contribution in [3.05, 3.63) is 53.3 Å². The van der Waals surface area contributed by atoms with Crippen LogP contribution in [0.25, 0.3) is 0 Å². The number of aliphatic hydroxyl groups is 1. The maximum Gasteiger partial charge on any atom is 0.223 e. The number of likely N-dealkylation sites (tertiary alicyclic amines) is 1. The van der Waals surface area contributed by atoms with Crippen LogP contribution in [-0.4, -0.2) is 39.2 Å². The Kier molecular flexibility index (Phi) is 5.20. The third-order valence-electron chi connectivity index (χ3n) is 4.43. The molecule has 1 aliphatic heterocycles. The second-order valence-electron chi connectivity index (χ2n) is 6.09. The van der Waals surface area contributed by atoms with Gasteiger partial charge in [-0.2, -0.15) is 0 Å². The Balaban J connectivity index is 1.68. The van der Waals surface area contributed by atoms with Gasteiger partial charge in [-0.15, -0.1) is 0 Å². The number of nitrogens with zero attached hydrogens (tertiary/aromatic N) is 3. The predicted octanol–water partition coefficient (Wildman–Crippen LogP) is 2.35. The number of benzene rings is 1. The zero-order chi connectivity index (χ0) is 16.1. The SMILES string of the molecule is Cc1ccnc(NCc2ccccc2CN2CCC[C@@H]2CO)n1. The van der Waals surface area contributed by atoms with Crippen LogP contribution in [0.1, 0.15) is 29.7 Å². The molecule has 1 aromatic carbocycles. The summed E-state index contributed by atoms with van der Waals surface area (Å²) in [7, 11) is 0. The number of aliphatic hydroxyl groups excluding tert-OH is 1. The van der Waals surface area contributed by atoms with Crippen molar-refractivity contribution in [1.29, 1.82) is 0 Å². The molecule has 0 radical (unpaired) electrons. The van der Waals surface area contributed by atoms with E-state index in [4.69, 9.17) is 0 Å². The highest BCUT2D eigenvalue weighted by Gasteiger charge is 2.24. The first-order valence-electron chi connectivity index (χ1n) is 8.21. The summed E-state index contributed by atoms with van der Waals surface area (Å²) in [4.78, 5) is 11.0. The van der Waals surface area contributed by atoms with Crippen LogP contribution in [0.5, 0.6) is 0 Å². The minimum atomic E-state index is 0.248. The van der Waals surface area contributed by atoms with E-state index in [1.54, 1.807) is 6.20 Å². The lowest BCUT2D eigenvalue weighted by atomic mass is 10.1. The van der Waals surface area contributed by atoms with E-state index in [9.17, 15) is 5.11 Å². The first kappa shape index (κ1) is 15.9. The molecule has 5 nitrogen and oxygen atoms in total. The lowest BCUT2D eigenvalue weighted by Gasteiger charge is -2.24. The van der Waals surface area contributed by atoms with Crippen LogP contribution >= 0.6 is 0 Å². The van der Waals surface area contributed by atoms with Gasteiger partial charge in [-0.05, 0) is 43.5 Å². The number of hydrogen-bond donors (Lipinski definition) is 2. The summed E-state index contributed by atoms with van der Waals surface area (Å²) in [6.45, 7) is 4.86. The fraction of sp³-hybridized carbons (Fsp3) is 0.444. The van der Waals surface area contributed by atoms with Crippen molar-refractivity contribution in [3.8, 4) is 0 Å². The van der Waals surface area contributed by atoms with E-state index in [1.165, 1.54) is 17.5 Å². The highest BCUT2D eigenvalue weighted by atomic mass is 16.3. The maximum absolute atomic E-state index is 9.49. The van der Waals surface area contributed by atoms with Crippen LogP contribution in [-0.2, 0) is 13.1 Å². The average molecular weight is 312 g/mol. The smallest absolute Gasteiger partial charge is 0.223 e. The molecule has 1 saturated heterocycles. The molecule has 0 saturated carbocycles. The second kappa shape index (κ2) is 7.53. The van der Waals surface area contributed by atoms with Gasteiger partial charge in [-0.1, -0.05) is 24.3 Å². The van der Waals surface area contributed by atoms with Crippen LogP contribution < -0.4 is 5.32 Å². The molecule has 1 aromatic heterocycles. The lowest BCUT2D eigenvalue weighted by Crippen LogP contribution is -2.32. The van der Waals surface area contributed by atoms with E-state index >= 15 is 0 Å². The molecule has 2 N–H and O–H groups in total. The van der Waals surface area contributed by atoms with Crippen LogP contribution in [0.4, 0.5) is 5.95 Å². The van der Waals surface area contributed by atoms with Gasteiger partial charge in [0.25, 0.3) is 0 Å². The molecule has 0 spiro atoms. The molecule has 0 bridgehead atoms. The molecule has 5 heteroatoms. The summed E-state index contributed by atoms with van der Waals surface area (Å²) < 4.78 is 0. The second-order valence-corrected chi connectivity index (χ2v) is 6.09. The van der Waals surface area contributed by atoms with E-state index in [0.717, 1.165) is 25.2 Å². The quantitative estimate of drug-likeness (QED) is 0.857. The van der Waals surface area contributed by atoms with Crippen molar-refractivity contribution in [2.45, 2.75) is 38.9 Å². The highest BCUT2D eigenvalue weighted by Crippen LogP contribution is 2.21. The molecule has 2 aromatic rings. The predicted molar refractivity (Wildman–Crippen MR) is 91.1 cm³/mol. The van der Waals surface area contributed by atoms with E-state index in [1.807, 2.05) is 13.0 Å². The Hall–Kier alpha value is -1.98. The summed E-state index contributed by atoms with van der Waals surface area (Å²) in [6.07, 6.45) is 4.03. The zero-order valence-electron chi connectivity index (χ0n) is 13.6. The fourth-order valence-corrected chi connectivity index (χ4v) is 3.12. The standard InChI is InChI=1S/C18H24N4O/c1-14-8-9-19-18(21-14)20-11-15-5-2-3-6-16(15)12-22-10-4-7-17(22)13-23/h2-3,5-6,8-9,17,23H,4,7,10-13H2,1H3,(H,19,20,21)/t17-/m1/s1. The third-order valence-corrected chi connectivity index (χ3v) is 4.43. The fourth-order valence-electron chi connectivity index (χ4n) is 3.12. The number of aryl methyl sites for hydroxylation is 1. The van der Waals surface area contributed by atoms with Gasteiger partial charge in [0.1, 0.15) is 0 Å². The Morgan fingerprint density at radius 2 is 2.09 bits per heavy atom. The molecular formula is C18H24N4O. The van der Waals surface area contributed by atoms with Gasteiger partial charge in [-0.3, -0.25) is 4.90 Å². The number of aromatic nitrogens is 2. The molecule has 1 fully saturated rings. The molecule has 0 amide bonds. The van der Waals surface area contributed by atoms with Crippen LogP contribution in [0.3, 0.4) is 0 Å². The summed E-state index contributed by atoms with van der Waals surface area (Å²) in [5, 5.41) is 12.8. The zero-order valence-corrected chi connectivity index (χ0v) is 13.6. The van der Waals surface area contributed by atoms with Crippen molar-refractivity contribution >= 4 is 5.95 Å². The minimum Gasteiger partial charge on any atom is -0.395 e. The van der Waals surface area contributed by atoms with Gasteiger partial charge in [-0.25, -0.2) is 9.97 Å². The monoisotopic (exact) mass is 312 g/mol. The van der Waals surface area contributed by atoms with E-state index in [-0.39, 0.29) is 6.61 Å². The first-order valence-corrected chi connectivity index (χ1v) is 8.21. The third kappa shape index (κ3) is 4.06. The van der Waals surface area contributed by atoms with Crippen LogP contribution in [0.15, 0.2) is 36.5 Å². The van der Waals surface area contributed by atoms with Gasteiger partial charge in [0.05, 0.1) is 6.61 Å². The number of anilines is 1. The molecule has 122 valence electrons. The van der Waals surface area contributed by atoms with E-state index < -0.39 is 0 Å². The molecular weight excluding hydrogens is 288 g/mol. The molecule has 1 atom stereocenters. The van der Waals surface area contributed by atoms with E-state index in [0.29, 0.717) is 18.5 Å². The average Bonchev–Trinajstić information content (AvgIpc) is 3.01. The summed E-state index contributed by atoms with van der Waals surface area (Å²) in [5.74, 6) is 0.661. The molecule has 0 aliphatic carbocycles. The minimum absolute atomic E-state index is 0.248. The largest absolute Gasteiger partial charge is 0.395 e. The normalized spacial score (nSPS) is 18.3. The van der Waals surface area contributed by atoms with E-state index in [2.05, 4.69) is 44.5 Å². The Morgan fingerprint density at radius 1 is 1.26 bits per heavy atom. The van der Waals surface area contributed by atoms with Gasteiger partial charge in [0.15, 0.2) is 0 Å². The van der Waals surface area contributed by atoms with Gasteiger partial charge < -0.3 is 10.4 Å². The van der Waals surface area contributed by atoms with Crippen LogP contribution in [0.2, 0.25) is 0 Å². The number of rotatable bonds is 6. The summed E-state index contributed by atoms with van der Waals surface area (Å²) in [5.41, 5.74) is 3.51. The summed E-state index contributed by atoms with van der Waals surface area (Å²) >= 11 is 0. The maximum atomic E-state index is 9.49. The Labute approximate surface area is 137 Å². The van der Waals surface area contributed by atoms with Gasteiger partial charge in [0, 0.05) is 31.0 Å². The lowest BCUT2D eigenvalue weighted by molar-refractivity contribution is 0.153. The van der Waals surface area contributed by atoms with Gasteiger partial charge in [0.2, 0.25) is 5.95 Å². The van der Waals surface area contributed by atoms with Crippen molar-refractivity contribution in [3.63, 3.8) is 0 Å². The topological polar surface area (TPSA) is 61.3 Å². The number of nitrogens with one attached hydrogen (secondary N) is 1. The Bertz CT molecular complexity index is 646. The summed E-state index contributed by atoms with van der Waals surface area (Å²) in [6, 6.07) is 10.6. The Morgan fingerprint density at radius 3 is 2.87 bits per heavy atom.